The van der Waals surface area contributed by atoms with Crippen LogP contribution in [0.25, 0.3) is 11.0 Å². The van der Waals surface area contributed by atoms with Crippen LogP contribution in [0.1, 0.15) is 6.42 Å². The first kappa shape index (κ1) is 10.3. The molecule has 4 heteroatoms. The van der Waals surface area contributed by atoms with E-state index in [0.717, 1.165) is 24.0 Å². The van der Waals surface area contributed by atoms with Crippen molar-refractivity contribution in [2.24, 2.45) is 0 Å². The maximum atomic E-state index is 5.67. The normalized spacial score (nSPS) is 10.8. The van der Waals surface area contributed by atoms with Crippen LogP contribution in [0.15, 0.2) is 24.5 Å². The first-order valence-electron chi connectivity index (χ1n) is 5.01. The summed E-state index contributed by atoms with van der Waals surface area (Å²) in [6.07, 6.45) is 2.71. The summed E-state index contributed by atoms with van der Waals surface area (Å²) in [5.41, 5.74) is 3.27. The number of hydrogen-bond acceptors (Lipinski definition) is 2. The van der Waals surface area contributed by atoms with Gasteiger partial charge in [-0.2, -0.15) is 0 Å². The van der Waals surface area contributed by atoms with Crippen LogP contribution in [-0.4, -0.2) is 29.4 Å². The molecule has 0 fully saturated rings. The number of imidazole rings is 1. The first-order valence-corrected chi connectivity index (χ1v) is 5.55. The number of aromatic amines is 1. The molecule has 1 N–H and O–H groups in total. The van der Waals surface area contributed by atoms with Crippen LogP contribution in [0.2, 0.25) is 0 Å². The molecule has 1 aromatic heterocycles. The average Bonchev–Trinajstić information content (AvgIpc) is 2.72. The molecular formula is C11H14ClN3. The van der Waals surface area contributed by atoms with Crippen LogP contribution in [0, 0.1) is 0 Å². The van der Waals surface area contributed by atoms with Crippen LogP contribution in [-0.2, 0) is 0 Å². The van der Waals surface area contributed by atoms with Crippen LogP contribution in [0.5, 0.6) is 0 Å². The monoisotopic (exact) mass is 223 g/mol. The van der Waals surface area contributed by atoms with Gasteiger partial charge in [0.1, 0.15) is 0 Å². The summed E-state index contributed by atoms with van der Waals surface area (Å²) in [7, 11) is 2.07. The molecule has 0 unspecified atom stereocenters. The third-order valence-corrected chi connectivity index (χ3v) is 2.74. The topological polar surface area (TPSA) is 31.9 Å². The molecule has 0 aliphatic heterocycles. The van der Waals surface area contributed by atoms with Crippen LogP contribution in [0.3, 0.4) is 0 Å². The maximum absolute atomic E-state index is 5.67. The Morgan fingerprint density at radius 3 is 3.13 bits per heavy atom. The minimum Gasteiger partial charge on any atom is -0.374 e. The second-order valence-electron chi connectivity index (χ2n) is 3.57. The van der Waals surface area contributed by atoms with E-state index in [1.54, 1.807) is 6.33 Å². The number of anilines is 1. The number of nitrogens with one attached hydrogen (secondary N) is 1. The van der Waals surface area contributed by atoms with Gasteiger partial charge in [0.2, 0.25) is 0 Å². The predicted octanol–water partition coefficient (Wildman–Crippen LogP) is 2.63. The zero-order valence-electron chi connectivity index (χ0n) is 8.70. The SMILES string of the molecule is CN(CCCCl)c1ccc2nc[nH]c2c1. The fourth-order valence-electron chi connectivity index (χ4n) is 1.59. The van der Waals surface area contributed by atoms with Crippen molar-refractivity contribution in [3.63, 3.8) is 0 Å². The quantitative estimate of drug-likeness (QED) is 0.809. The zero-order valence-corrected chi connectivity index (χ0v) is 9.46. The number of fused-ring (bicyclic) bond motifs is 1. The number of benzene rings is 1. The lowest BCUT2D eigenvalue weighted by Crippen LogP contribution is -2.18. The van der Waals surface area contributed by atoms with E-state index in [1.807, 2.05) is 6.07 Å². The summed E-state index contributed by atoms with van der Waals surface area (Å²) in [5, 5.41) is 0. The molecule has 3 nitrogen and oxygen atoms in total. The molecule has 0 aliphatic rings. The van der Waals surface area contributed by atoms with Gasteiger partial charge in [-0.15, -0.1) is 11.6 Å². The smallest absolute Gasteiger partial charge is 0.0931 e. The highest BCUT2D eigenvalue weighted by Crippen LogP contribution is 2.18. The van der Waals surface area contributed by atoms with Gasteiger partial charge in [0, 0.05) is 25.2 Å². The van der Waals surface area contributed by atoms with E-state index in [-0.39, 0.29) is 0 Å². The van der Waals surface area contributed by atoms with Gasteiger partial charge < -0.3 is 9.88 Å². The van der Waals surface area contributed by atoms with Gasteiger partial charge in [0.15, 0.2) is 0 Å². The lowest BCUT2D eigenvalue weighted by atomic mass is 10.2. The molecule has 0 bridgehead atoms. The highest BCUT2D eigenvalue weighted by molar-refractivity contribution is 6.17. The number of hydrogen-bond donors (Lipinski definition) is 1. The molecule has 80 valence electrons. The van der Waals surface area contributed by atoms with Crippen LogP contribution >= 0.6 is 11.6 Å². The van der Waals surface area contributed by atoms with E-state index in [4.69, 9.17) is 11.6 Å². The molecule has 0 aliphatic carbocycles. The maximum Gasteiger partial charge on any atom is 0.0931 e. The van der Waals surface area contributed by atoms with Gasteiger partial charge >= 0.3 is 0 Å². The molecule has 0 amide bonds. The Morgan fingerprint density at radius 1 is 1.47 bits per heavy atom. The Labute approximate surface area is 94.1 Å². The molecule has 0 saturated heterocycles. The Hall–Kier alpha value is -1.22. The lowest BCUT2D eigenvalue weighted by Gasteiger charge is -2.18. The van der Waals surface area contributed by atoms with Gasteiger partial charge in [0.25, 0.3) is 0 Å². The summed E-state index contributed by atoms with van der Waals surface area (Å²) in [6, 6.07) is 6.21. The summed E-state index contributed by atoms with van der Waals surface area (Å²) in [5.74, 6) is 0.705. The fourth-order valence-corrected chi connectivity index (χ4v) is 1.71. The van der Waals surface area contributed by atoms with Crippen molar-refractivity contribution < 1.29 is 0 Å². The molecule has 0 atom stereocenters. The van der Waals surface area contributed by atoms with E-state index in [1.165, 1.54) is 5.69 Å². The molecule has 2 aromatic rings. The zero-order chi connectivity index (χ0) is 10.7. The Kier molecular flexibility index (Phi) is 3.11. The summed E-state index contributed by atoms with van der Waals surface area (Å²) < 4.78 is 0. The second-order valence-corrected chi connectivity index (χ2v) is 3.95. The van der Waals surface area contributed by atoms with Gasteiger partial charge in [-0.1, -0.05) is 0 Å². The highest BCUT2D eigenvalue weighted by Gasteiger charge is 2.02. The number of aromatic nitrogens is 2. The van der Waals surface area contributed by atoms with E-state index in [2.05, 4.69) is 34.0 Å². The standard InChI is InChI=1S/C11H14ClN3/c1-15(6-2-5-12)9-3-4-10-11(7-9)14-8-13-10/h3-4,7-8H,2,5-6H2,1H3,(H,13,14). The average molecular weight is 224 g/mol. The third-order valence-electron chi connectivity index (χ3n) is 2.47. The van der Waals surface area contributed by atoms with Crippen molar-refractivity contribution in [1.29, 1.82) is 0 Å². The number of alkyl halides is 1. The molecule has 1 heterocycles. The van der Waals surface area contributed by atoms with Crippen LogP contribution in [0.4, 0.5) is 5.69 Å². The number of nitrogens with zero attached hydrogens (tertiary/aromatic N) is 2. The van der Waals surface area contributed by atoms with E-state index >= 15 is 0 Å². The Bertz CT molecular complexity index is 438. The minimum absolute atomic E-state index is 0.705. The Morgan fingerprint density at radius 2 is 2.33 bits per heavy atom. The van der Waals surface area contributed by atoms with Gasteiger partial charge in [-0.25, -0.2) is 4.98 Å². The molecule has 0 saturated carbocycles. The number of halogens is 1. The summed E-state index contributed by atoms with van der Waals surface area (Å²) in [4.78, 5) is 9.49. The molecule has 0 spiro atoms. The number of H-pyrrole nitrogens is 1. The summed E-state index contributed by atoms with van der Waals surface area (Å²) in [6.45, 7) is 0.975. The number of rotatable bonds is 4. The Balaban J connectivity index is 2.19. The van der Waals surface area contributed by atoms with Crippen molar-refractivity contribution in [1.82, 2.24) is 9.97 Å². The third kappa shape index (κ3) is 2.23. The van der Waals surface area contributed by atoms with Crippen molar-refractivity contribution in [2.75, 3.05) is 24.4 Å². The molecule has 0 radical (unpaired) electrons. The minimum atomic E-state index is 0.705. The van der Waals surface area contributed by atoms with Crippen molar-refractivity contribution >= 4 is 28.3 Å². The van der Waals surface area contributed by atoms with Crippen molar-refractivity contribution in [3.8, 4) is 0 Å². The fraction of sp³-hybridized carbons (Fsp3) is 0.364. The van der Waals surface area contributed by atoms with E-state index < -0.39 is 0 Å². The lowest BCUT2D eigenvalue weighted by molar-refractivity contribution is 0.857. The van der Waals surface area contributed by atoms with Crippen LogP contribution < -0.4 is 4.90 Å². The van der Waals surface area contributed by atoms with Gasteiger partial charge in [-0.05, 0) is 24.6 Å². The first-order chi connectivity index (χ1) is 7.31. The summed E-state index contributed by atoms with van der Waals surface area (Å²) >= 11 is 5.67. The molecule has 1 aromatic carbocycles. The second kappa shape index (κ2) is 4.53. The van der Waals surface area contributed by atoms with Crippen molar-refractivity contribution in [3.05, 3.63) is 24.5 Å². The molecular weight excluding hydrogens is 210 g/mol. The van der Waals surface area contributed by atoms with Gasteiger partial charge in [0.05, 0.1) is 17.4 Å². The highest BCUT2D eigenvalue weighted by atomic mass is 35.5. The van der Waals surface area contributed by atoms with Gasteiger partial charge in [-0.3, -0.25) is 0 Å². The largest absolute Gasteiger partial charge is 0.374 e. The molecule has 2 rings (SSSR count). The molecule has 15 heavy (non-hydrogen) atoms. The predicted molar refractivity (Wildman–Crippen MR) is 64.7 cm³/mol. The van der Waals surface area contributed by atoms with Crippen molar-refractivity contribution in [2.45, 2.75) is 6.42 Å². The van der Waals surface area contributed by atoms with E-state index in [9.17, 15) is 0 Å². The van der Waals surface area contributed by atoms with E-state index in [0.29, 0.717) is 5.88 Å².